The maximum absolute atomic E-state index is 13.0. The van der Waals surface area contributed by atoms with Gasteiger partial charge in [0.15, 0.2) is 0 Å². The molecular weight excluding hydrogens is 389 g/mol. The quantitative estimate of drug-likeness (QED) is 0.587. The van der Waals surface area contributed by atoms with Gasteiger partial charge in [-0.1, -0.05) is 37.8 Å². The van der Waals surface area contributed by atoms with Crippen molar-refractivity contribution in [2.45, 2.75) is 19.9 Å². The van der Waals surface area contributed by atoms with Crippen molar-refractivity contribution in [3.8, 4) is 11.3 Å². The highest BCUT2D eigenvalue weighted by atomic mass is 32.2. The minimum absolute atomic E-state index is 0.206. The van der Waals surface area contributed by atoms with Gasteiger partial charge in [0.1, 0.15) is 27.7 Å². The number of rotatable bonds is 5. The molecule has 1 saturated heterocycles. The van der Waals surface area contributed by atoms with Crippen LogP contribution in [0.3, 0.4) is 0 Å². The predicted octanol–water partition coefficient (Wildman–Crippen LogP) is 4.40. The summed E-state index contributed by atoms with van der Waals surface area (Å²) in [6.07, 6.45) is 1.53. The first-order chi connectivity index (χ1) is 12.8. The van der Waals surface area contributed by atoms with E-state index in [-0.39, 0.29) is 16.1 Å². The Morgan fingerprint density at radius 3 is 2.52 bits per heavy atom. The number of carbonyl (C=O) groups is 2. The van der Waals surface area contributed by atoms with E-state index in [9.17, 15) is 19.1 Å². The van der Waals surface area contributed by atoms with E-state index in [1.165, 1.54) is 18.2 Å². The monoisotopic (exact) mass is 405 g/mol. The minimum atomic E-state index is -1.10. The third-order valence-corrected chi connectivity index (χ3v) is 5.35. The summed E-state index contributed by atoms with van der Waals surface area (Å²) in [6.45, 7) is 3.45. The van der Waals surface area contributed by atoms with Gasteiger partial charge in [0.2, 0.25) is 0 Å². The van der Waals surface area contributed by atoms with E-state index >= 15 is 0 Å². The summed E-state index contributed by atoms with van der Waals surface area (Å²) >= 11 is 6.26. The topological polar surface area (TPSA) is 70.8 Å². The van der Waals surface area contributed by atoms with Crippen LogP contribution in [-0.4, -0.2) is 32.2 Å². The molecule has 0 spiro atoms. The summed E-state index contributed by atoms with van der Waals surface area (Å²) in [7, 11) is 0. The van der Waals surface area contributed by atoms with E-state index in [2.05, 4.69) is 0 Å². The molecule has 0 saturated carbocycles. The van der Waals surface area contributed by atoms with Crippen molar-refractivity contribution in [1.82, 2.24) is 4.90 Å². The van der Waals surface area contributed by atoms with Crippen LogP contribution < -0.4 is 0 Å². The summed E-state index contributed by atoms with van der Waals surface area (Å²) in [4.78, 5) is 25.7. The Labute approximate surface area is 164 Å². The molecule has 1 aromatic heterocycles. The zero-order chi connectivity index (χ0) is 19.7. The van der Waals surface area contributed by atoms with E-state index in [0.717, 1.165) is 16.7 Å². The van der Waals surface area contributed by atoms with Crippen molar-refractivity contribution in [2.75, 3.05) is 0 Å². The number of amides is 1. The summed E-state index contributed by atoms with van der Waals surface area (Å²) in [5.41, 5.74) is 0.703. The fraction of sp³-hybridized carbons (Fsp3) is 0.211. The number of carboxylic acid groups (broad SMARTS) is 1. The van der Waals surface area contributed by atoms with Gasteiger partial charge in [-0.15, -0.1) is 0 Å². The number of benzene rings is 1. The Balaban J connectivity index is 1.86. The number of hydrogen-bond donors (Lipinski definition) is 1. The van der Waals surface area contributed by atoms with Crippen LogP contribution in [0.15, 0.2) is 45.7 Å². The predicted molar refractivity (Wildman–Crippen MR) is 105 cm³/mol. The number of furan rings is 1. The molecule has 27 heavy (non-hydrogen) atoms. The number of thioether (sulfide) groups is 1. The van der Waals surface area contributed by atoms with E-state index in [1.54, 1.807) is 38.1 Å². The fourth-order valence-corrected chi connectivity index (χ4v) is 4.05. The second-order valence-electron chi connectivity index (χ2n) is 6.29. The summed E-state index contributed by atoms with van der Waals surface area (Å²) in [5.74, 6) is -1.23. The molecule has 1 aliphatic heterocycles. The van der Waals surface area contributed by atoms with Gasteiger partial charge in [0, 0.05) is 11.6 Å². The third kappa shape index (κ3) is 3.96. The number of hydrogen-bond acceptors (Lipinski definition) is 5. The smallest absolute Gasteiger partial charge is 0.327 e. The van der Waals surface area contributed by atoms with Crippen molar-refractivity contribution in [3.05, 3.63) is 52.9 Å². The Morgan fingerprint density at radius 2 is 1.93 bits per heavy atom. The molecule has 0 aliphatic carbocycles. The lowest BCUT2D eigenvalue weighted by molar-refractivity contribution is -0.146. The van der Waals surface area contributed by atoms with Gasteiger partial charge in [0.05, 0.1) is 4.91 Å². The first kappa shape index (κ1) is 19.3. The van der Waals surface area contributed by atoms with Gasteiger partial charge in [-0.05, 0) is 42.3 Å². The number of carboxylic acids is 1. The molecule has 8 heteroatoms. The molecule has 5 nitrogen and oxygen atoms in total. The summed E-state index contributed by atoms with van der Waals surface area (Å²) in [6, 6.07) is 8.24. The average molecular weight is 405 g/mol. The lowest BCUT2D eigenvalue weighted by Crippen LogP contribution is -2.47. The molecule has 1 amide bonds. The largest absolute Gasteiger partial charge is 0.480 e. The third-order valence-electron chi connectivity index (χ3n) is 4.02. The number of aliphatic carboxylic acids is 1. The van der Waals surface area contributed by atoms with E-state index < -0.39 is 17.9 Å². The number of carbonyl (C=O) groups excluding carboxylic acids is 1. The highest BCUT2D eigenvalue weighted by Crippen LogP contribution is 2.36. The van der Waals surface area contributed by atoms with E-state index in [1.807, 2.05) is 0 Å². The summed E-state index contributed by atoms with van der Waals surface area (Å²) < 4.78 is 18.9. The molecule has 2 heterocycles. The molecule has 1 unspecified atom stereocenters. The van der Waals surface area contributed by atoms with E-state index in [4.69, 9.17) is 16.6 Å². The van der Waals surface area contributed by atoms with Gasteiger partial charge in [-0.3, -0.25) is 9.69 Å². The number of halogens is 1. The second-order valence-corrected chi connectivity index (χ2v) is 7.96. The Hall–Kier alpha value is -2.45. The van der Waals surface area contributed by atoms with Crippen LogP contribution in [-0.2, 0) is 9.59 Å². The first-order valence-electron chi connectivity index (χ1n) is 8.13. The summed E-state index contributed by atoms with van der Waals surface area (Å²) in [5, 5.41) is 9.44. The van der Waals surface area contributed by atoms with Gasteiger partial charge >= 0.3 is 5.97 Å². The molecule has 0 radical (unpaired) electrons. The molecule has 1 aliphatic rings. The zero-order valence-corrected chi connectivity index (χ0v) is 16.1. The minimum Gasteiger partial charge on any atom is -0.480 e. The second kappa shape index (κ2) is 7.66. The van der Waals surface area contributed by atoms with Crippen molar-refractivity contribution in [1.29, 1.82) is 0 Å². The van der Waals surface area contributed by atoms with Gasteiger partial charge in [-0.2, -0.15) is 0 Å². The van der Waals surface area contributed by atoms with Crippen LogP contribution in [0.25, 0.3) is 17.4 Å². The van der Waals surface area contributed by atoms with Crippen LogP contribution in [0.4, 0.5) is 4.39 Å². The lowest BCUT2D eigenvalue weighted by Gasteiger charge is -2.26. The molecular formula is C19H16FNO4S2. The maximum Gasteiger partial charge on any atom is 0.327 e. The van der Waals surface area contributed by atoms with Crippen molar-refractivity contribution >= 4 is 46.3 Å². The first-order valence-corrected chi connectivity index (χ1v) is 9.36. The Bertz CT molecular complexity index is 933. The molecule has 1 fully saturated rings. The maximum atomic E-state index is 13.0. The van der Waals surface area contributed by atoms with E-state index in [0.29, 0.717) is 22.0 Å². The molecule has 0 bridgehead atoms. The van der Waals surface area contributed by atoms with Crippen LogP contribution in [0.1, 0.15) is 19.6 Å². The van der Waals surface area contributed by atoms with Gasteiger partial charge in [0.25, 0.3) is 5.91 Å². The SMILES string of the molecule is CC(C)C(C(=O)O)N1C(=O)C(=Cc2ccc(-c3ccc(F)cc3)o2)SC1=S. The molecule has 1 N–H and O–H groups in total. The Morgan fingerprint density at radius 1 is 1.26 bits per heavy atom. The molecule has 1 atom stereocenters. The number of nitrogens with zero attached hydrogens (tertiary/aromatic N) is 1. The zero-order valence-electron chi connectivity index (χ0n) is 14.5. The highest BCUT2D eigenvalue weighted by Gasteiger charge is 2.42. The molecule has 2 aromatic rings. The fourth-order valence-electron chi connectivity index (χ4n) is 2.74. The van der Waals surface area contributed by atoms with Crippen LogP contribution >= 0.6 is 24.0 Å². The molecule has 3 rings (SSSR count). The molecule has 1 aromatic carbocycles. The number of thiocarbonyl (C=S) groups is 1. The van der Waals surface area contributed by atoms with Crippen LogP contribution in [0, 0.1) is 11.7 Å². The van der Waals surface area contributed by atoms with Crippen molar-refractivity contribution in [3.63, 3.8) is 0 Å². The van der Waals surface area contributed by atoms with Crippen molar-refractivity contribution in [2.24, 2.45) is 5.92 Å². The highest BCUT2D eigenvalue weighted by molar-refractivity contribution is 8.26. The lowest BCUT2D eigenvalue weighted by atomic mass is 10.0. The van der Waals surface area contributed by atoms with Gasteiger partial charge in [-0.25, -0.2) is 9.18 Å². The van der Waals surface area contributed by atoms with Gasteiger partial charge < -0.3 is 9.52 Å². The average Bonchev–Trinajstić information content (AvgIpc) is 3.16. The van der Waals surface area contributed by atoms with Crippen LogP contribution in [0.2, 0.25) is 0 Å². The van der Waals surface area contributed by atoms with Crippen LogP contribution in [0.5, 0.6) is 0 Å². The standard InChI is InChI=1S/C19H16FNO4S2/c1-10(2)16(18(23)24)21-17(22)15(27-19(21)26)9-13-7-8-14(25-13)11-3-5-12(20)6-4-11/h3-10,16H,1-2H3,(H,23,24). The Kier molecular flexibility index (Phi) is 5.48. The van der Waals surface area contributed by atoms with Crippen molar-refractivity contribution < 1.29 is 23.5 Å². The molecule has 140 valence electrons. The normalized spacial score (nSPS) is 17.2.